The number of carbonyl (C=O) groups is 1. The van der Waals surface area contributed by atoms with Crippen LogP contribution >= 0.6 is 0 Å². The molecule has 0 saturated heterocycles. The van der Waals surface area contributed by atoms with Gasteiger partial charge in [-0.25, -0.2) is 0 Å². The van der Waals surface area contributed by atoms with Gasteiger partial charge in [0.1, 0.15) is 0 Å². The van der Waals surface area contributed by atoms with Gasteiger partial charge in [-0.05, 0) is 12.8 Å². The van der Waals surface area contributed by atoms with E-state index in [4.69, 9.17) is 9.84 Å². The summed E-state index contributed by atoms with van der Waals surface area (Å²) in [7, 11) is 1.58. The minimum absolute atomic E-state index is 0.0144. The molecule has 0 aliphatic carbocycles. The van der Waals surface area contributed by atoms with Crippen molar-refractivity contribution >= 4 is 5.91 Å². The number of ether oxygens (including phenoxy) is 1. The molecule has 1 atom stereocenters. The van der Waals surface area contributed by atoms with Gasteiger partial charge >= 0.3 is 0 Å². The second-order valence-corrected chi connectivity index (χ2v) is 4.38. The number of aliphatic hydroxyl groups excluding tert-OH is 1. The van der Waals surface area contributed by atoms with Crippen LogP contribution in [0.2, 0.25) is 0 Å². The lowest BCUT2D eigenvalue weighted by Crippen LogP contribution is -2.45. The van der Waals surface area contributed by atoms with Crippen LogP contribution < -0.4 is 5.32 Å². The van der Waals surface area contributed by atoms with Gasteiger partial charge in [0.05, 0.1) is 12.6 Å². The van der Waals surface area contributed by atoms with Crippen LogP contribution in [0.1, 0.15) is 33.6 Å². The van der Waals surface area contributed by atoms with Crippen molar-refractivity contribution in [1.82, 2.24) is 5.32 Å². The van der Waals surface area contributed by atoms with Gasteiger partial charge in [-0.2, -0.15) is 0 Å². The van der Waals surface area contributed by atoms with Crippen LogP contribution in [0.3, 0.4) is 0 Å². The van der Waals surface area contributed by atoms with Crippen molar-refractivity contribution in [3.8, 4) is 0 Å². The average Bonchev–Trinajstić information content (AvgIpc) is 2.18. The molecule has 4 heteroatoms. The van der Waals surface area contributed by atoms with Crippen molar-refractivity contribution in [2.75, 3.05) is 20.3 Å². The number of rotatable bonds is 7. The first-order chi connectivity index (χ1) is 6.97. The molecule has 0 aliphatic rings. The summed E-state index contributed by atoms with van der Waals surface area (Å²) in [4.78, 5) is 11.8. The Morgan fingerprint density at radius 3 is 2.53 bits per heavy atom. The van der Waals surface area contributed by atoms with Crippen LogP contribution in [0.25, 0.3) is 0 Å². The molecular weight excluding hydrogens is 194 g/mol. The molecule has 0 spiro atoms. The molecule has 0 aromatic heterocycles. The van der Waals surface area contributed by atoms with E-state index in [1.807, 2.05) is 20.8 Å². The molecule has 1 unspecified atom stereocenters. The molecular formula is C11H23NO3. The molecule has 0 bridgehead atoms. The molecule has 0 radical (unpaired) electrons. The Morgan fingerprint density at radius 1 is 1.53 bits per heavy atom. The van der Waals surface area contributed by atoms with E-state index < -0.39 is 0 Å². The van der Waals surface area contributed by atoms with E-state index in [2.05, 4.69) is 5.32 Å². The summed E-state index contributed by atoms with van der Waals surface area (Å²) in [6.07, 6.45) is 1.32. The van der Waals surface area contributed by atoms with Crippen LogP contribution in [0, 0.1) is 5.41 Å². The minimum atomic E-state index is -0.360. The minimum Gasteiger partial charge on any atom is -0.396 e. The van der Waals surface area contributed by atoms with Crippen molar-refractivity contribution < 1.29 is 14.6 Å². The van der Waals surface area contributed by atoms with Crippen molar-refractivity contribution in [2.45, 2.75) is 39.7 Å². The van der Waals surface area contributed by atoms with E-state index in [1.54, 1.807) is 7.11 Å². The summed E-state index contributed by atoms with van der Waals surface area (Å²) < 4.78 is 4.98. The molecule has 0 heterocycles. The lowest BCUT2D eigenvalue weighted by atomic mass is 9.89. The smallest absolute Gasteiger partial charge is 0.225 e. The van der Waals surface area contributed by atoms with Crippen LogP contribution in [0.15, 0.2) is 0 Å². The first-order valence-corrected chi connectivity index (χ1v) is 5.38. The molecule has 0 aromatic carbocycles. The summed E-state index contributed by atoms with van der Waals surface area (Å²) in [6, 6.07) is -0.0988. The number of aliphatic hydroxyl groups is 1. The third kappa shape index (κ3) is 5.14. The fourth-order valence-corrected chi connectivity index (χ4v) is 1.10. The third-order valence-corrected chi connectivity index (χ3v) is 2.68. The van der Waals surface area contributed by atoms with E-state index in [0.717, 1.165) is 6.42 Å². The van der Waals surface area contributed by atoms with Crippen LogP contribution in [0.4, 0.5) is 0 Å². The summed E-state index contributed by atoms with van der Waals surface area (Å²) in [5, 5.41) is 11.7. The maximum absolute atomic E-state index is 11.8. The fraction of sp³-hybridized carbons (Fsp3) is 0.909. The molecule has 0 aliphatic heterocycles. The number of hydrogen-bond donors (Lipinski definition) is 2. The molecule has 0 rings (SSSR count). The highest BCUT2D eigenvalue weighted by Gasteiger charge is 2.26. The average molecular weight is 217 g/mol. The fourth-order valence-electron chi connectivity index (χ4n) is 1.10. The van der Waals surface area contributed by atoms with Gasteiger partial charge in [-0.1, -0.05) is 20.8 Å². The molecule has 0 aromatic rings. The van der Waals surface area contributed by atoms with Crippen molar-refractivity contribution in [2.24, 2.45) is 5.41 Å². The maximum Gasteiger partial charge on any atom is 0.225 e. The van der Waals surface area contributed by atoms with E-state index in [9.17, 15) is 4.79 Å². The zero-order chi connectivity index (χ0) is 11.9. The van der Waals surface area contributed by atoms with Crippen molar-refractivity contribution in [3.05, 3.63) is 0 Å². The van der Waals surface area contributed by atoms with E-state index in [1.165, 1.54) is 0 Å². The molecule has 4 nitrogen and oxygen atoms in total. The second kappa shape index (κ2) is 6.80. The number of methoxy groups -OCH3 is 1. The van der Waals surface area contributed by atoms with E-state index in [0.29, 0.717) is 13.0 Å². The van der Waals surface area contributed by atoms with Crippen LogP contribution in [-0.4, -0.2) is 37.4 Å². The Labute approximate surface area is 92.0 Å². The normalized spacial score (nSPS) is 13.7. The SMILES string of the molecule is CCC(C)(C)C(=O)NC(CCO)COC. The highest BCUT2D eigenvalue weighted by atomic mass is 16.5. The summed E-state index contributed by atoms with van der Waals surface area (Å²) in [5.74, 6) is 0.0144. The quantitative estimate of drug-likeness (QED) is 0.667. The van der Waals surface area contributed by atoms with Gasteiger partial charge in [0.2, 0.25) is 5.91 Å². The number of carbonyl (C=O) groups excluding carboxylic acids is 1. The van der Waals surface area contributed by atoms with Gasteiger partial charge < -0.3 is 15.2 Å². The first kappa shape index (κ1) is 14.4. The molecule has 15 heavy (non-hydrogen) atoms. The number of hydrogen-bond acceptors (Lipinski definition) is 3. The Kier molecular flexibility index (Phi) is 6.52. The van der Waals surface area contributed by atoms with E-state index in [-0.39, 0.29) is 24.0 Å². The molecule has 2 N–H and O–H groups in total. The van der Waals surface area contributed by atoms with Gasteiger partial charge in [-0.15, -0.1) is 0 Å². The van der Waals surface area contributed by atoms with Gasteiger partial charge in [0.25, 0.3) is 0 Å². The van der Waals surface area contributed by atoms with Crippen LogP contribution in [-0.2, 0) is 9.53 Å². The maximum atomic E-state index is 11.8. The predicted molar refractivity (Wildman–Crippen MR) is 59.6 cm³/mol. The predicted octanol–water partition coefficient (Wildman–Crippen LogP) is 0.936. The Balaban J connectivity index is 4.21. The zero-order valence-electron chi connectivity index (χ0n) is 10.2. The molecule has 0 fully saturated rings. The van der Waals surface area contributed by atoms with E-state index >= 15 is 0 Å². The number of amides is 1. The lowest BCUT2D eigenvalue weighted by molar-refractivity contribution is -0.130. The molecule has 1 amide bonds. The Bertz CT molecular complexity index is 186. The van der Waals surface area contributed by atoms with Crippen molar-refractivity contribution in [1.29, 1.82) is 0 Å². The highest BCUT2D eigenvalue weighted by molar-refractivity contribution is 5.81. The van der Waals surface area contributed by atoms with Gasteiger partial charge in [0.15, 0.2) is 0 Å². The summed E-state index contributed by atoms with van der Waals surface area (Å²) in [5.41, 5.74) is -0.360. The standard InChI is InChI=1S/C11H23NO3/c1-5-11(2,3)10(14)12-9(6-7-13)8-15-4/h9,13H,5-8H2,1-4H3,(H,12,14). The van der Waals surface area contributed by atoms with Crippen LogP contribution in [0.5, 0.6) is 0 Å². The first-order valence-electron chi connectivity index (χ1n) is 5.38. The Morgan fingerprint density at radius 2 is 2.13 bits per heavy atom. The topological polar surface area (TPSA) is 58.6 Å². The van der Waals surface area contributed by atoms with Gasteiger partial charge in [0, 0.05) is 19.1 Å². The monoisotopic (exact) mass is 217 g/mol. The second-order valence-electron chi connectivity index (χ2n) is 4.38. The highest BCUT2D eigenvalue weighted by Crippen LogP contribution is 2.19. The summed E-state index contributed by atoms with van der Waals surface area (Å²) >= 11 is 0. The third-order valence-electron chi connectivity index (χ3n) is 2.68. The Hall–Kier alpha value is -0.610. The number of nitrogens with one attached hydrogen (secondary N) is 1. The lowest BCUT2D eigenvalue weighted by Gasteiger charge is -2.25. The zero-order valence-corrected chi connectivity index (χ0v) is 10.2. The largest absolute Gasteiger partial charge is 0.396 e. The molecule has 90 valence electrons. The summed E-state index contributed by atoms with van der Waals surface area (Å²) in [6.45, 7) is 6.29. The van der Waals surface area contributed by atoms with Crippen molar-refractivity contribution in [3.63, 3.8) is 0 Å². The molecule has 0 saturated carbocycles. The van der Waals surface area contributed by atoms with Gasteiger partial charge in [-0.3, -0.25) is 4.79 Å².